The van der Waals surface area contributed by atoms with Gasteiger partial charge in [-0.15, -0.1) is 0 Å². The molecule has 3 aromatic carbocycles. The molecule has 0 bridgehead atoms. The highest BCUT2D eigenvalue weighted by Crippen LogP contribution is 2.28. The van der Waals surface area contributed by atoms with E-state index in [0.29, 0.717) is 25.1 Å². The van der Waals surface area contributed by atoms with Gasteiger partial charge in [0.1, 0.15) is 12.6 Å². The zero-order chi connectivity index (χ0) is 29.3. The Labute approximate surface area is 239 Å². The Kier molecular flexibility index (Phi) is 10.9. The molecule has 0 saturated carbocycles. The molecule has 3 aromatic rings. The maximum absolute atomic E-state index is 14.1. The van der Waals surface area contributed by atoms with E-state index < -0.39 is 28.5 Å². The van der Waals surface area contributed by atoms with Crippen molar-refractivity contribution >= 4 is 27.5 Å². The summed E-state index contributed by atoms with van der Waals surface area (Å²) >= 11 is 0. The number of hydrogen-bond acceptors (Lipinski definition) is 4. The molecule has 0 radical (unpaired) electrons. The standard InChI is InChI=1S/C32H41N3O4S/c1-6-21-33-32(37)29(8-3)34(22-26-17-13-24(4)14-18-26)31(36)23-35(30-12-10-9-11-27(30)7-2)40(38,39)28-19-15-25(5)16-20-28/h9-20,29H,6-8,21-23H2,1-5H3,(H,33,37)/t29-/m0/s1. The van der Waals surface area contributed by atoms with Crippen LogP contribution in [0.1, 0.15) is 55.9 Å². The molecule has 214 valence electrons. The van der Waals surface area contributed by atoms with E-state index in [1.165, 1.54) is 9.21 Å². The van der Waals surface area contributed by atoms with Gasteiger partial charge < -0.3 is 10.2 Å². The van der Waals surface area contributed by atoms with E-state index in [-0.39, 0.29) is 17.3 Å². The molecule has 0 saturated heterocycles. The Bertz CT molecular complexity index is 1390. The lowest BCUT2D eigenvalue weighted by molar-refractivity contribution is -0.140. The zero-order valence-electron chi connectivity index (χ0n) is 24.2. The summed E-state index contributed by atoms with van der Waals surface area (Å²) in [6.45, 7) is 9.90. The van der Waals surface area contributed by atoms with Gasteiger partial charge in [-0.25, -0.2) is 8.42 Å². The van der Waals surface area contributed by atoms with Crippen LogP contribution in [0.4, 0.5) is 5.69 Å². The van der Waals surface area contributed by atoms with E-state index in [2.05, 4.69) is 5.32 Å². The van der Waals surface area contributed by atoms with Crippen LogP contribution in [0.2, 0.25) is 0 Å². The maximum atomic E-state index is 14.1. The maximum Gasteiger partial charge on any atom is 0.264 e. The van der Waals surface area contributed by atoms with E-state index in [0.717, 1.165) is 28.7 Å². The normalized spacial score (nSPS) is 12.0. The fraction of sp³-hybridized carbons (Fsp3) is 0.375. The molecule has 0 aliphatic carbocycles. The number of aryl methyl sites for hydroxylation is 3. The van der Waals surface area contributed by atoms with Crippen molar-refractivity contribution in [1.29, 1.82) is 0 Å². The highest BCUT2D eigenvalue weighted by atomic mass is 32.2. The molecule has 40 heavy (non-hydrogen) atoms. The summed E-state index contributed by atoms with van der Waals surface area (Å²) in [5.41, 5.74) is 4.15. The van der Waals surface area contributed by atoms with Gasteiger partial charge in [0.05, 0.1) is 10.6 Å². The predicted octanol–water partition coefficient (Wildman–Crippen LogP) is 5.39. The number of anilines is 1. The van der Waals surface area contributed by atoms with Gasteiger partial charge in [-0.1, -0.05) is 86.5 Å². The lowest BCUT2D eigenvalue weighted by Gasteiger charge is -2.33. The Morgan fingerprint density at radius 1 is 0.850 bits per heavy atom. The van der Waals surface area contributed by atoms with Crippen molar-refractivity contribution in [2.75, 3.05) is 17.4 Å². The monoisotopic (exact) mass is 563 g/mol. The Hall–Kier alpha value is -3.65. The number of carbonyl (C=O) groups is 2. The van der Waals surface area contributed by atoms with Gasteiger partial charge in [-0.2, -0.15) is 0 Å². The van der Waals surface area contributed by atoms with Crippen molar-refractivity contribution in [2.45, 2.75) is 71.4 Å². The number of nitrogens with one attached hydrogen (secondary N) is 1. The van der Waals surface area contributed by atoms with E-state index >= 15 is 0 Å². The minimum Gasteiger partial charge on any atom is -0.354 e. The first-order valence-corrected chi connectivity index (χ1v) is 15.4. The second-order valence-electron chi connectivity index (χ2n) is 10.0. The molecule has 2 amide bonds. The summed E-state index contributed by atoms with van der Waals surface area (Å²) in [6, 6.07) is 20.9. The van der Waals surface area contributed by atoms with Gasteiger partial charge in [-0.3, -0.25) is 13.9 Å². The molecule has 0 fully saturated rings. The molecular weight excluding hydrogens is 522 g/mol. The molecule has 8 heteroatoms. The van der Waals surface area contributed by atoms with Crippen LogP contribution in [-0.4, -0.2) is 44.3 Å². The molecule has 0 aliphatic heterocycles. The third kappa shape index (κ3) is 7.50. The molecule has 0 aromatic heterocycles. The van der Waals surface area contributed by atoms with Gasteiger partial charge >= 0.3 is 0 Å². The fourth-order valence-corrected chi connectivity index (χ4v) is 6.03. The summed E-state index contributed by atoms with van der Waals surface area (Å²) < 4.78 is 29.3. The lowest BCUT2D eigenvalue weighted by Crippen LogP contribution is -2.52. The highest BCUT2D eigenvalue weighted by molar-refractivity contribution is 7.92. The average Bonchev–Trinajstić information content (AvgIpc) is 2.95. The zero-order valence-corrected chi connectivity index (χ0v) is 25.0. The number of nitrogens with zero attached hydrogens (tertiary/aromatic N) is 2. The van der Waals surface area contributed by atoms with Crippen LogP contribution in [0.3, 0.4) is 0 Å². The van der Waals surface area contributed by atoms with Crippen molar-refractivity contribution in [3.05, 3.63) is 95.1 Å². The van der Waals surface area contributed by atoms with Crippen LogP contribution < -0.4 is 9.62 Å². The minimum absolute atomic E-state index is 0.106. The summed E-state index contributed by atoms with van der Waals surface area (Å²) in [5.74, 6) is -0.688. The molecule has 0 spiro atoms. The molecule has 0 aliphatic rings. The van der Waals surface area contributed by atoms with Gasteiger partial charge in [0.15, 0.2) is 0 Å². The first-order valence-electron chi connectivity index (χ1n) is 13.9. The molecular formula is C32H41N3O4S. The molecule has 7 nitrogen and oxygen atoms in total. The van der Waals surface area contributed by atoms with Crippen LogP contribution in [0.15, 0.2) is 77.7 Å². The van der Waals surface area contributed by atoms with Crippen molar-refractivity contribution < 1.29 is 18.0 Å². The molecule has 1 N–H and O–H groups in total. The number of para-hydroxylation sites is 1. The lowest BCUT2D eigenvalue weighted by atomic mass is 10.1. The number of sulfonamides is 1. The van der Waals surface area contributed by atoms with Crippen molar-refractivity contribution in [2.24, 2.45) is 0 Å². The van der Waals surface area contributed by atoms with Crippen molar-refractivity contribution in [3.8, 4) is 0 Å². The average molecular weight is 564 g/mol. The Morgan fingerprint density at radius 3 is 2.02 bits per heavy atom. The molecule has 0 heterocycles. The van der Waals surface area contributed by atoms with Crippen LogP contribution in [0.25, 0.3) is 0 Å². The number of benzene rings is 3. The first-order chi connectivity index (χ1) is 19.1. The summed E-state index contributed by atoms with van der Waals surface area (Å²) in [7, 11) is -4.09. The fourth-order valence-electron chi connectivity index (χ4n) is 4.58. The molecule has 0 unspecified atom stereocenters. The van der Waals surface area contributed by atoms with E-state index in [9.17, 15) is 18.0 Å². The van der Waals surface area contributed by atoms with Crippen molar-refractivity contribution in [1.82, 2.24) is 10.2 Å². The van der Waals surface area contributed by atoms with Crippen LogP contribution in [0.5, 0.6) is 0 Å². The Morgan fingerprint density at radius 2 is 1.45 bits per heavy atom. The summed E-state index contributed by atoms with van der Waals surface area (Å²) in [5, 5.41) is 2.91. The quantitative estimate of drug-likeness (QED) is 0.302. The number of hydrogen-bond donors (Lipinski definition) is 1. The first kappa shape index (κ1) is 30.9. The molecule has 1 atom stereocenters. The van der Waals surface area contributed by atoms with Crippen molar-refractivity contribution in [3.63, 3.8) is 0 Å². The van der Waals surface area contributed by atoms with Gasteiger partial charge in [0.25, 0.3) is 10.0 Å². The third-order valence-corrected chi connectivity index (χ3v) is 8.71. The van der Waals surface area contributed by atoms with Gasteiger partial charge in [-0.05, 0) is 62.4 Å². The van der Waals surface area contributed by atoms with E-state index in [4.69, 9.17) is 0 Å². The van der Waals surface area contributed by atoms with Crippen LogP contribution in [-0.2, 0) is 32.6 Å². The van der Waals surface area contributed by atoms with Crippen LogP contribution in [0, 0.1) is 13.8 Å². The van der Waals surface area contributed by atoms with Gasteiger partial charge in [0, 0.05) is 13.1 Å². The number of carbonyl (C=O) groups excluding carboxylic acids is 2. The molecule has 3 rings (SSSR count). The predicted molar refractivity (Wildman–Crippen MR) is 161 cm³/mol. The largest absolute Gasteiger partial charge is 0.354 e. The van der Waals surface area contributed by atoms with E-state index in [1.807, 2.05) is 71.0 Å². The highest BCUT2D eigenvalue weighted by Gasteiger charge is 2.34. The summed E-state index contributed by atoms with van der Waals surface area (Å²) in [6.07, 6.45) is 1.75. The summed E-state index contributed by atoms with van der Waals surface area (Å²) in [4.78, 5) is 29.0. The van der Waals surface area contributed by atoms with Gasteiger partial charge in [0.2, 0.25) is 11.8 Å². The van der Waals surface area contributed by atoms with E-state index in [1.54, 1.807) is 36.4 Å². The second-order valence-corrected chi connectivity index (χ2v) is 11.9. The second kappa shape index (κ2) is 14.1. The number of rotatable bonds is 13. The van der Waals surface area contributed by atoms with Crippen LogP contribution >= 0.6 is 0 Å². The Balaban J connectivity index is 2.08. The third-order valence-electron chi connectivity index (χ3n) is 6.94. The minimum atomic E-state index is -4.09. The smallest absolute Gasteiger partial charge is 0.264 e. The SMILES string of the molecule is CCCNC(=O)[C@H](CC)N(Cc1ccc(C)cc1)C(=O)CN(c1ccccc1CC)S(=O)(=O)c1ccc(C)cc1. The topological polar surface area (TPSA) is 86.8 Å². The number of amides is 2.